The third kappa shape index (κ3) is 5.80. The molecule has 0 aromatic heterocycles. The number of carbonyl (C=O) groups excluding carboxylic acids is 2. The predicted octanol–water partition coefficient (Wildman–Crippen LogP) is 4.15. The molecule has 0 saturated heterocycles. The highest BCUT2D eigenvalue weighted by atomic mass is 19.4. The quantitative estimate of drug-likeness (QED) is 0.835. The van der Waals surface area contributed by atoms with Gasteiger partial charge < -0.3 is 15.4 Å². The van der Waals surface area contributed by atoms with Crippen LogP contribution in [-0.4, -0.2) is 24.6 Å². The lowest BCUT2D eigenvalue weighted by atomic mass is 10.1. The SMILES string of the molecule is CC(=O)Nc1ccc(C)c(NC(=O)c2ccc(OCC(F)(F)F)cc2)c1. The van der Waals surface area contributed by atoms with E-state index in [9.17, 15) is 22.8 Å². The molecule has 0 bridgehead atoms. The molecule has 0 radical (unpaired) electrons. The van der Waals surface area contributed by atoms with Gasteiger partial charge in [0.1, 0.15) is 5.75 Å². The number of hydrogen-bond acceptors (Lipinski definition) is 3. The Kier molecular flexibility index (Phi) is 5.86. The lowest BCUT2D eigenvalue weighted by Crippen LogP contribution is -2.19. The lowest BCUT2D eigenvalue weighted by Gasteiger charge is -2.12. The Morgan fingerprint density at radius 1 is 1.04 bits per heavy atom. The number of amides is 2. The number of nitrogens with one attached hydrogen (secondary N) is 2. The van der Waals surface area contributed by atoms with Crippen molar-refractivity contribution in [1.29, 1.82) is 0 Å². The van der Waals surface area contributed by atoms with Gasteiger partial charge in [-0.15, -0.1) is 0 Å². The fourth-order valence-corrected chi connectivity index (χ4v) is 2.10. The Morgan fingerprint density at radius 3 is 2.27 bits per heavy atom. The van der Waals surface area contributed by atoms with Crippen molar-refractivity contribution in [2.24, 2.45) is 0 Å². The van der Waals surface area contributed by atoms with E-state index in [1.165, 1.54) is 31.2 Å². The van der Waals surface area contributed by atoms with Gasteiger partial charge in [-0.25, -0.2) is 0 Å². The number of aryl methyl sites for hydroxylation is 1. The largest absolute Gasteiger partial charge is 0.484 e. The topological polar surface area (TPSA) is 67.4 Å². The summed E-state index contributed by atoms with van der Waals surface area (Å²) in [6.07, 6.45) is -4.42. The average molecular weight is 366 g/mol. The van der Waals surface area contributed by atoms with Gasteiger partial charge in [-0.05, 0) is 48.9 Å². The molecular formula is C18H17F3N2O3. The molecule has 2 amide bonds. The molecule has 0 fully saturated rings. The van der Waals surface area contributed by atoms with Crippen LogP contribution >= 0.6 is 0 Å². The van der Waals surface area contributed by atoms with Gasteiger partial charge in [0, 0.05) is 23.9 Å². The van der Waals surface area contributed by atoms with E-state index >= 15 is 0 Å². The first kappa shape index (κ1) is 19.3. The molecule has 2 aromatic carbocycles. The first-order chi connectivity index (χ1) is 12.1. The number of anilines is 2. The summed E-state index contributed by atoms with van der Waals surface area (Å²) in [6.45, 7) is 1.77. The van der Waals surface area contributed by atoms with Crippen LogP contribution < -0.4 is 15.4 Å². The van der Waals surface area contributed by atoms with E-state index < -0.39 is 18.7 Å². The molecule has 0 atom stereocenters. The standard InChI is InChI=1S/C18H17F3N2O3/c1-11-3-6-14(22-12(2)24)9-16(11)23-17(25)13-4-7-15(8-5-13)26-10-18(19,20)21/h3-9H,10H2,1-2H3,(H,22,24)(H,23,25). The number of hydrogen-bond donors (Lipinski definition) is 2. The van der Waals surface area contributed by atoms with Gasteiger partial charge in [0.25, 0.3) is 5.91 Å². The van der Waals surface area contributed by atoms with E-state index in [4.69, 9.17) is 0 Å². The van der Waals surface area contributed by atoms with Crippen molar-refractivity contribution >= 4 is 23.2 Å². The molecule has 8 heteroatoms. The predicted molar refractivity (Wildman–Crippen MR) is 91.4 cm³/mol. The summed E-state index contributed by atoms with van der Waals surface area (Å²) in [7, 11) is 0. The Labute approximate surface area is 148 Å². The highest BCUT2D eigenvalue weighted by Gasteiger charge is 2.28. The minimum absolute atomic E-state index is 0.0164. The Balaban J connectivity index is 2.06. The van der Waals surface area contributed by atoms with E-state index in [2.05, 4.69) is 15.4 Å². The second-order valence-electron chi connectivity index (χ2n) is 5.59. The van der Waals surface area contributed by atoms with Crippen LogP contribution in [0, 0.1) is 6.92 Å². The van der Waals surface area contributed by atoms with Crippen LogP contribution in [0.4, 0.5) is 24.5 Å². The summed E-state index contributed by atoms with van der Waals surface area (Å²) in [5, 5.41) is 5.33. The van der Waals surface area contributed by atoms with E-state index in [0.29, 0.717) is 11.4 Å². The van der Waals surface area contributed by atoms with E-state index in [1.807, 2.05) is 0 Å². The maximum atomic E-state index is 12.3. The number of carbonyl (C=O) groups is 2. The van der Waals surface area contributed by atoms with Gasteiger partial charge in [-0.1, -0.05) is 6.07 Å². The van der Waals surface area contributed by atoms with E-state index in [1.54, 1.807) is 25.1 Å². The number of benzene rings is 2. The summed E-state index contributed by atoms with van der Waals surface area (Å²) < 4.78 is 41.0. The molecular weight excluding hydrogens is 349 g/mol. The summed E-state index contributed by atoms with van der Waals surface area (Å²) in [4.78, 5) is 23.4. The van der Waals surface area contributed by atoms with Crippen LogP contribution in [0.5, 0.6) is 5.75 Å². The van der Waals surface area contributed by atoms with Crippen molar-refractivity contribution < 1.29 is 27.5 Å². The van der Waals surface area contributed by atoms with Crippen LogP contribution in [0.1, 0.15) is 22.8 Å². The van der Waals surface area contributed by atoms with Crippen molar-refractivity contribution in [1.82, 2.24) is 0 Å². The highest BCUT2D eigenvalue weighted by Crippen LogP contribution is 2.22. The van der Waals surface area contributed by atoms with Crippen molar-refractivity contribution in [2.75, 3.05) is 17.2 Å². The second-order valence-corrected chi connectivity index (χ2v) is 5.59. The zero-order valence-electron chi connectivity index (χ0n) is 14.1. The summed E-state index contributed by atoms with van der Waals surface area (Å²) >= 11 is 0. The Bertz CT molecular complexity index is 802. The molecule has 0 heterocycles. The van der Waals surface area contributed by atoms with Crippen molar-refractivity contribution in [3.05, 3.63) is 53.6 Å². The van der Waals surface area contributed by atoms with Gasteiger partial charge in [0.05, 0.1) is 0 Å². The number of alkyl halides is 3. The Morgan fingerprint density at radius 2 is 1.69 bits per heavy atom. The molecule has 2 aromatic rings. The molecule has 0 aliphatic heterocycles. The maximum Gasteiger partial charge on any atom is 0.422 e. The van der Waals surface area contributed by atoms with Crippen molar-refractivity contribution in [3.8, 4) is 5.75 Å². The van der Waals surface area contributed by atoms with Gasteiger partial charge in [0.15, 0.2) is 6.61 Å². The first-order valence-electron chi connectivity index (χ1n) is 7.63. The Hall–Kier alpha value is -3.03. The molecule has 26 heavy (non-hydrogen) atoms. The van der Waals surface area contributed by atoms with Crippen LogP contribution in [-0.2, 0) is 4.79 Å². The van der Waals surface area contributed by atoms with Crippen LogP contribution in [0.3, 0.4) is 0 Å². The minimum atomic E-state index is -4.42. The summed E-state index contributed by atoms with van der Waals surface area (Å²) in [6, 6.07) is 10.4. The van der Waals surface area contributed by atoms with Gasteiger partial charge in [-0.2, -0.15) is 13.2 Å². The van der Waals surface area contributed by atoms with Crippen LogP contribution in [0.15, 0.2) is 42.5 Å². The number of ether oxygens (including phenoxy) is 1. The molecule has 2 rings (SSSR count). The fourth-order valence-electron chi connectivity index (χ4n) is 2.10. The maximum absolute atomic E-state index is 12.3. The minimum Gasteiger partial charge on any atom is -0.484 e. The summed E-state index contributed by atoms with van der Waals surface area (Å²) in [5.41, 5.74) is 2.10. The van der Waals surface area contributed by atoms with Gasteiger partial charge >= 0.3 is 6.18 Å². The second kappa shape index (κ2) is 7.90. The number of rotatable bonds is 5. The molecule has 5 nitrogen and oxygen atoms in total. The van der Waals surface area contributed by atoms with Crippen LogP contribution in [0.25, 0.3) is 0 Å². The average Bonchev–Trinajstić information content (AvgIpc) is 2.55. The van der Waals surface area contributed by atoms with Crippen LogP contribution in [0.2, 0.25) is 0 Å². The van der Waals surface area contributed by atoms with Gasteiger partial charge in [-0.3, -0.25) is 9.59 Å². The molecule has 138 valence electrons. The molecule has 0 spiro atoms. The fraction of sp³-hybridized carbons (Fsp3) is 0.222. The normalized spacial score (nSPS) is 11.0. The number of halogens is 3. The first-order valence-corrected chi connectivity index (χ1v) is 7.63. The zero-order chi connectivity index (χ0) is 19.3. The highest BCUT2D eigenvalue weighted by molar-refractivity contribution is 6.05. The third-order valence-corrected chi connectivity index (χ3v) is 3.33. The molecule has 2 N–H and O–H groups in total. The molecule has 0 saturated carbocycles. The monoisotopic (exact) mass is 366 g/mol. The zero-order valence-corrected chi connectivity index (χ0v) is 14.1. The smallest absolute Gasteiger partial charge is 0.422 e. The third-order valence-electron chi connectivity index (χ3n) is 3.33. The molecule has 0 unspecified atom stereocenters. The van der Waals surface area contributed by atoms with Crippen molar-refractivity contribution in [2.45, 2.75) is 20.0 Å². The van der Waals surface area contributed by atoms with E-state index in [0.717, 1.165) is 5.56 Å². The lowest BCUT2D eigenvalue weighted by molar-refractivity contribution is -0.153. The van der Waals surface area contributed by atoms with E-state index in [-0.39, 0.29) is 17.2 Å². The van der Waals surface area contributed by atoms with Gasteiger partial charge in [0.2, 0.25) is 5.91 Å². The summed E-state index contributed by atoms with van der Waals surface area (Å²) in [5.74, 6) is -0.654. The van der Waals surface area contributed by atoms with Crippen molar-refractivity contribution in [3.63, 3.8) is 0 Å². The molecule has 0 aliphatic carbocycles. The molecule has 0 aliphatic rings.